The molecule has 0 aliphatic carbocycles. The van der Waals surface area contributed by atoms with Gasteiger partial charge in [-0.3, -0.25) is 0 Å². The fourth-order valence-electron chi connectivity index (χ4n) is 2.02. The Labute approximate surface area is 114 Å². The van der Waals surface area contributed by atoms with Crippen LogP contribution in [0, 0.1) is 6.92 Å². The van der Waals surface area contributed by atoms with E-state index in [0.29, 0.717) is 0 Å². The van der Waals surface area contributed by atoms with E-state index in [1.54, 1.807) is 0 Å². The van der Waals surface area contributed by atoms with Gasteiger partial charge in [0.2, 0.25) is 0 Å². The van der Waals surface area contributed by atoms with E-state index in [2.05, 4.69) is 32.3 Å². The lowest BCUT2D eigenvalue weighted by Crippen LogP contribution is -1.94. The quantitative estimate of drug-likeness (QED) is 0.915. The number of anilines is 2. The van der Waals surface area contributed by atoms with E-state index in [-0.39, 0.29) is 0 Å². The second kappa shape index (κ2) is 4.61. The van der Waals surface area contributed by atoms with Gasteiger partial charge in [0.1, 0.15) is 11.6 Å². The van der Waals surface area contributed by atoms with Gasteiger partial charge in [-0.15, -0.1) is 0 Å². The van der Waals surface area contributed by atoms with E-state index in [1.165, 1.54) is 5.56 Å². The molecule has 0 spiro atoms. The summed E-state index contributed by atoms with van der Waals surface area (Å²) in [6.45, 7) is 2.84. The van der Waals surface area contributed by atoms with E-state index in [1.807, 2.05) is 31.3 Å². The smallest absolute Gasteiger partial charge is 0.130 e. The maximum atomic E-state index is 5.49. The molecule has 92 valence electrons. The number of nitrogens with zero attached hydrogens (tertiary/aromatic N) is 1. The van der Waals surface area contributed by atoms with Crippen molar-refractivity contribution in [1.29, 1.82) is 0 Å². The standard InChI is InChI=1S/C14H13BrN2O/c1-9-6-14(16-8-12(9)15)17-11-2-3-13-10(7-11)4-5-18-13/h2-3,6-8H,4-5H2,1H3,(H,16,17). The van der Waals surface area contributed by atoms with Crippen LogP contribution in [-0.4, -0.2) is 11.6 Å². The highest BCUT2D eigenvalue weighted by Crippen LogP contribution is 2.29. The number of aromatic nitrogens is 1. The number of nitrogens with one attached hydrogen (secondary N) is 1. The molecule has 1 N–H and O–H groups in total. The third-order valence-corrected chi connectivity index (χ3v) is 3.84. The van der Waals surface area contributed by atoms with Gasteiger partial charge in [-0.25, -0.2) is 4.98 Å². The fraction of sp³-hybridized carbons (Fsp3) is 0.214. The number of ether oxygens (including phenoxy) is 1. The molecule has 0 radical (unpaired) electrons. The number of aryl methyl sites for hydroxylation is 1. The normalized spacial score (nSPS) is 13.0. The summed E-state index contributed by atoms with van der Waals surface area (Å²) in [4.78, 5) is 4.34. The number of halogens is 1. The highest BCUT2D eigenvalue weighted by Gasteiger charge is 2.12. The third kappa shape index (κ3) is 2.20. The van der Waals surface area contributed by atoms with Crippen LogP contribution in [0.15, 0.2) is 34.9 Å². The topological polar surface area (TPSA) is 34.1 Å². The second-order valence-corrected chi connectivity index (χ2v) is 5.22. The summed E-state index contributed by atoms with van der Waals surface area (Å²) < 4.78 is 6.51. The highest BCUT2D eigenvalue weighted by molar-refractivity contribution is 9.10. The van der Waals surface area contributed by atoms with Crippen molar-refractivity contribution < 1.29 is 4.74 Å². The minimum Gasteiger partial charge on any atom is -0.493 e. The fourth-order valence-corrected chi connectivity index (χ4v) is 2.24. The SMILES string of the molecule is Cc1cc(Nc2ccc3c(c2)CCO3)ncc1Br. The van der Waals surface area contributed by atoms with Gasteiger partial charge in [-0.2, -0.15) is 0 Å². The molecule has 0 bridgehead atoms. The van der Waals surface area contributed by atoms with Gasteiger partial charge in [0.05, 0.1) is 6.61 Å². The van der Waals surface area contributed by atoms with Crippen LogP contribution in [0.2, 0.25) is 0 Å². The van der Waals surface area contributed by atoms with E-state index in [0.717, 1.165) is 40.3 Å². The zero-order valence-corrected chi connectivity index (χ0v) is 11.6. The van der Waals surface area contributed by atoms with Crippen molar-refractivity contribution in [3.05, 3.63) is 46.1 Å². The summed E-state index contributed by atoms with van der Waals surface area (Å²) in [6, 6.07) is 8.18. The van der Waals surface area contributed by atoms with Crippen LogP contribution in [0.1, 0.15) is 11.1 Å². The molecule has 2 aromatic rings. The lowest BCUT2D eigenvalue weighted by molar-refractivity contribution is 0.357. The molecule has 3 nitrogen and oxygen atoms in total. The van der Waals surface area contributed by atoms with E-state index >= 15 is 0 Å². The van der Waals surface area contributed by atoms with Crippen LogP contribution >= 0.6 is 15.9 Å². The average molecular weight is 305 g/mol. The van der Waals surface area contributed by atoms with Crippen LogP contribution in [0.5, 0.6) is 5.75 Å². The molecule has 3 rings (SSSR count). The monoisotopic (exact) mass is 304 g/mol. The molecule has 1 aliphatic heterocycles. The van der Waals surface area contributed by atoms with E-state index < -0.39 is 0 Å². The first-order valence-corrected chi connectivity index (χ1v) is 6.66. The first kappa shape index (κ1) is 11.5. The predicted octanol–water partition coefficient (Wildman–Crippen LogP) is 3.83. The highest BCUT2D eigenvalue weighted by atomic mass is 79.9. The molecule has 1 aromatic heterocycles. The molecule has 0 fully saturated rings. The summed E-state index contributed by atoms with van der Waals surface area (Å²) in [5.41, 5.74) is 3.47. The van der Waals surface area contributed by atoms with Gasteiger partial charge in [0, 0.05) is 22.8 Å². The molecule has 0 saturated heterocycles. The lowest BCUT2D eigenvalue weighted by Gasteiger charge is -2.08. The molecule has 4 heteroatoms. The van der Waals surface area contributed by atoms with Gasteiger partial charge in [-0.1, -0.05) is 0 Å². The molecule has 2 heterocycles. The van der Waals surface area contributed by atoms with Crippen molar-refractivity contribution in [3.63, 3.8) is 0 Å². The third-order valence-electron chi connectivity index (χ3n) is 3.01. The minimum atomic E-state index is 0.786. The minimum absolute atomic E-state index is 0.786. The van der Waals surface area contributed by atoms with Crippen LogP contribution in [-0.2, 0) is 6.42 Å². The summed E-state index contributed by atoms with van der Waals surface area (Å²) >= 11 is 3.45. The van der Waals surface area contributed by atoms with Crippen LogP contribution in [0.4, 0.5) is 11.5 Å². The number of fused-ring (bicyclic) bond motifs is 1. The molecule has 18 heavy (non-hydrogen) atoms. The Morgan fingerprint density at radius 1 is 1.33 bits per heavy atom. The first-order chi connectivity index (χ1) is 8.72. The number of benzene rings is 1. The van der Waals surface area contributed by atoms with Crippen LogP contribution in [0.25, 0.3) is 0 Å². The largest absolute Gasteiger partial charge is 0.493 e. The maximum absolute atomic E-state index is 5.49. The number of pyridine rings is 1. The Morgan fingerprint density at radius 2 is 2.22 bits per heavy atom. The Balaban J connectivity index is 1.85. The second-order valence-electron chi connectivity index (χ2n) is 4.36. The summed E-state index contributed by atoms with van der Waals surface area (Å²) in [5, 5.41) is 3.31. The van der Waals surface area contributed by atoms with Crippen molar-refractivity contribution >= 4 is 27.4 Å². The van der Waals surface area contributed by atoms with Crippen molar-refractivity contribution in [2.75, 3.05) is 11.9 Å². The van der Waals surface area contributed by atoms with Gasteiger partial charge in [0.25, 0.3) is 0 Å². The summed E-state index contributed by atoms with van der Waals surface area (Å²) in [5.74, 6) is 1.86. The molecule has 0 atom stereocenters. The van der Waals surface area contributed by atoms with Gasteiger partial charge < -0.3 is 10.1 Å². The Morgan fingerprint density at radius 3 is 3.06 bits per heavy atom. The van der Waals surface area contributed by atoms with Crippen molar-refractivity contribution in [1.82, 2.24) is 4.98 Å². The number of rotatable bonds is 2. The Bertz CT molecular complexity index is 598. The zero-order valence-electron chi connectivity index (χ0n) is 10.0. The average Bonchev–Trinajstić information content (AvgIpc) is 2.81. The first-order valence-electron chi connectivity index (χ1n) is 5.87. The van der Waals surface area contributed by atoms with Crippen molar-refractivity contribution in [3.8, 4) is 5.75 Å². The van der Waals surface area contributed by atoms with E-state index in [9.17, 15) is 0 Å². The Hall–Kier alpha value is -1.55. The molecule has 1 aliphatic rings. The van der Waals surface area contributed by atoms with Gasteiger partial charge in [0.15, 0.2) is 0 Å². The molecular weight excluding hydrogens is 292 g/mol. The Kier molecular flexibility index (Phi) is 2.96. The lowest BCUT2D eigenvalue weighted by atomic mass is 10.1. The number of hydrogen-bond acceptors (Lipinski definition) is 3. The maximum Gasteiger partial charge on any atom is 0.130 e. The molecule has 1 aromatic carbocycles. The van der Waals surface area contributed by atoms with Crippen LogP contribution < -0.4 is 10.1 Å². The van der Waals surface area contributed by atoms with Crippen molar-refractivity contribution in [2.24, 2.45) is 0 Å². The summed E-state index contributed by atoms with van der Waals surface area (Å²) in [6.07, 6.45) is 2.80. The predicted molar refractivity (Wildman–Crippen MR) is 75.6 cm³/mol. The summed E-state index contributed by atoms with van der Waals surface area (Å²) in [7, 11) is 0. The molecule has 0 amide bonds. The molecule has 0 unspecified atom stereocenters. The van der Waals surface area contributed by atoms with Crippen LogP contribution in [0.3, 0.4) is 0 Å². The molecule has 0 saturated carbocycles. The van der Waals surface area contributed by atoms with Gasteiger partial charge >= 0.3 is 0 Å². The molecular formula is C14H13BrN2O. The van der Waals surface area contributed by atoms with Crippen molar-refractivity contribution in [2.45, 2.75) is 13.3 Å². The van der Waals surface area contributed by atoms with E-state index in [4.69, 9.17) is 4.74 Å². The van der Waals surface area contributed by atoms with Gasteiger partial charge in [-0.05, 0) is 58.2 Å². The number of hydrogen-bond donors (Lipinski definition) is 1. The zero-order chi connectivity index (χ0) is 12.5.